The van der Waals surface area contributed by atoms with E-state index in [1.54, 1.807) is 0 Å². The monoisotopic (exact) mass is 313 g/mol. The van der Waals surface area contributed by atoms with Crippen molar-refractivity contribution >= 4 is 18.5 Å². The Kier molecular flexibility index (Phi) is 6.81. The van der Waals surface area contributed by atoms with E-state index in [-0.39, 0.29) is 17.1 Å². The molecule has 0 heterocycles. The van der Waals surface area contributed by atoms with E-state index >= 15 is 0 Å². The maximum absolute atomic E-state index is 7.91. The molecule has 0 aromatic heterocycles. The number of hydrogen-bond donors (Lipinski definition) is 0. The van der Waals surface area contributed by atoms with Crippen LogP contribution >= 0.6 is 18.5 Å². The van der Waals surface area contributed by atoms with E-state index in [1.165, 1.54) is 18.5 Å². The van der Waals surface area contributed by atoms with Gasteiger partial charge in [0.1, 0.15) is 0 Å². The Morgan fingerprint density at radius 1 is 1.14 bits per heavy atom. The van der Waals surface area contributed by atoms with E-state index < -0.39 is 0 Å². The van der Waals surface area contributed by atoms with Crippen LogP contribution in [0.1, 0.15) is 0 Å². The Hall–Kier alpha value is 0.420. The zero-order chi connectivity index (χ0) is 5.54. The molecule has 0 fully saturated rings. The van der Waals surface area contributed by atoms with E-state index in [0.717, 1.165) is 0 Å². The van der Waals surface area contributed by atoms with E-state index in [2.05, 4.69) is 0 Å². The molecule has 0 spiro atoms. The van der Waals surface area contributed by atoms with Crippen LogP contribution in [-0.2, 0) is 17.1 Å². The van der Waals surface area contributed by atoms with Crippen LogP contribution in [0.4, 0.5) is 0 Å². The van der Waals surface area contributed by atoms with Crippen LogP contribution in [0, 0.1) is 21.3 Å². The molecule has 0 aromatic carbocycles. The zero-order valence-electron chi connectivity index (χ0n) is 3.01. The number of nitrogens with zero attached hydrogens (tertiary/aromatic N) is 2. The number of hydrogen-bond acceptors (Lipinski definition) is 4. The second kappa shape index (κ2) is 6.42. The van der Waals surface area contributed by atoms with Crippen molar-refractivity contribution in [3.05, 3.63) is 0 Å². The van der Waals surface area contributed by atoms with Gasteiger partial charge in [0.05, 0.1) is 0 Å². The van der Waals surface area contributed by atoms with E-state index in [0.29, 0.717) is 0 Å². The summed E-state index contributed by atoms with van der Waals surface area (Å²) in [5, 5.41) is 19.6. The van der Waals surface area contributed by atoms with Gasteiger partial charge in [-0.05, 0) is 0 Å². The molecule has 0 radical (unpaired) electrons. The van der Waals surface area contributed by atoms with Crippen molar-refractivity contribution in [1.82, 2.24) is 0 Å². The molecule has 0 rings (SSSR count). The average Bonchev–Trinajstić information content (AvgIpc) is 1.69. The first-order valence-electron chi connectivity index (χ1n) is 1.10. The zero-order valence-corrected chi connectivity index (χ0v) is 6.81. The second-order valence-corrected chi connectivity index (χ2v) is 7.27. The number of thiocyanates is 2. The summed E-state index contributed by atoms with van der Waals surface area (Å²) in [5.41, 5.74) is 0. The van der Waals surface area contributed by atoms with E-state index in [4.69, 9.17) is 10.5 Å². The Bertz CT molecular complexity index is 97.8. The molecular formula is C2AuN2S2. The molecule has 0 aromatic rings. The van der Waals surface area contributed by atoms with Gasteiger partial charge in [-0.1, -0.05) is 0 Å². The van der Waals surface area contributed by atoms with Gasteiger partial charge < -0.3 is 0 Å². The van der Waals surface area contributed by atoms with Crippen molar-refractivity contribution in [3.8, 4) is 10.8 Å². The van der Waals surface area contributed by atoms with Crippen LogP contribution in [0.5, 0.6) is 0 Å². The number of nitriles is 2. The standard InChI is InChI=1S/2CHNS.Au/c2*2-1-3;/h2*3H;/q;;+2/p-2. The van der Waals surface area contributed by atoms with E-state index in [1.807, 2.05) is 10.8 Å². The average molecular weight is 313 g/mol. The Balaban J connectivity index is 2.77. The van der Waals surface area contributed by atoms with Gasteiger partial charge in [0.25, 0.3) is 0 Å². The molecule has 0 bridgehead atoms. The van der Waals surface area contributed by atoms with Gasteiger partial charge in [-0.3, -0.25) is 0 Å². The van der Waals surface area contributed by atoms with Crippen LogP contribution in [-0.4, -0.2) is 0 Å². The van der Waals surface area contributed by atoms with Crippen LogP contribution in [0.2, 0.25) is 0 Å². The normalized spacial score (nSPS) is 7.14. The Morgan fingerprint density at radius 2 is 1.57 bits per heavy atom. The molecule has 0 aliphatic heterocycles. The third-order valence-electron chi connectivity index (χ3n) is 0.105. The molecule has 41 valence electrons. The van der Waals surface area contributed by atoms with Crippen LogP contribution in [0.3, 0.4) is 0 Å². The fourth-order valence-electron chi connectivity index (χ4n) is 0.0350. The van der Waals surface area contributed by atoms with Crippen LogP contribution < -0.4 is 0 Å². The summed E-state index contributed by atoms with van der Waals surface area (Å²) in [5.74, 6) is 0. The summed E-state index contributed by atoms with van der Waals surface area (Å²) < 4.78 is 0. The fraction of sp³-hybridized carbons (Fsp3) is 0. The minimum atomic E-state index is -0.170. The summed E-state index contributed by atoms with van der Waals surface area (Å²) >= 11 is -0.170. The van der Waals surface area contributed by atoms with Crippen molar-refractivity contribution in [3.63, 3.8) is 0 Å². The van der Waals surface area contributed by atoms with Crippen molar-refractivity contribution in [2.24, 2.45) is 0 Å². The molecule has 0 atom stereocenters. The first-order valence-corrected chi connectivity index (χ1v) is 7.72. The van der Waals surface area contributed by atoms with Crippen molar-refractivity contribution < 1.29 is 17.1 Å². The van der Waals surface area contributed by atoms with Gasteiger partial charge in [-0.15, -0.1) is 0 Å². The van der Waals surface area contributed by atoms with Gasteiger partial charge in [0, 0.05) is 0 Å². The van der Waals surface area contributed by atoms with Crippen LogP contribution in [0.25, 0.3) is 0 Å². The minimum absolute atomic E-state index is 0.170. The quantitative estimate of drug-likeness (QED) is 0.438. The molecular weight excluding hydrogens is 313 g/mol. The molecule has 0 aliphatic rings. The van der Waals surface area contributed by atoms with Crippen molar-refractivity contribution in [1.29, 1.82) is 10.5 Å². The topological polar surface area (TPSA) is 47.6 Å². The molecule has 0 aliphatic carbocycles. The summed E-state index contributed by atoms with van der Waals surface area (Å²) in [6.07, 6.45) is 0. The molecule has 0 saturated carbocycles. The van der Waals surface area contributed by atoms with Gasteiger partial charge in [-0.25, -0.2) is 0 Å². The summed E-state index contributed by atoms with van der Waals surface area (Å²) in [7, 11) is 2.35. The molecule has 0 saturated heterocycles. The Labute approximate surface area is 56.8 Å². The molecule has 7 heavy (non-hydrogen) atoms. The predicted molar refractivity (Wildman–Crippen MR) is 26.4 cm³/mol. The molecule has 0 N–H and O–H groups in total. The SMILES string of the molecule is N#C[S][Au][S]C#N. The number of rotatable bonds is 2. The molecule has 0 unspecified atom stereocenters. The second-order valence-electron chi connectivity index (χ2n) is 0.356. The first kappa shape index (κ1) is 7.42. The summed E-state index contributed by atoms with van der Waals surface area (Å²) in [6, 6.07) is 0. The van der Waals surface area contributed by atoms with Crippen LogP contribution in [0.15, 0.2) is 0 Å². The van der Waals surface area contributed by atoms with Gasteiger partial charge in [-0.2, -0.15) is 0 Å². The first-order chi connectivity index (χ1) is 3.41. The fourth-order valence-corrected chi connectivity index (χ4v) is 2.58. The third kappa shape index (κ3) is 6.42. The summed E-state index contributed by atoms with van der Waals surface area (Å²) in [6.45, 7) is 0. The van der Waals surface area contributed by atoms with Gasteiger partial charge in [0.15, 0.2) is 0 Å². The predicted octanol–water partition coefficient (Wildman–Crippen LogP) is 1.33. The van der Waals surface area contributed by atoms with E-state index in [9.17, 15) is 0 Å². The summed E-state index contributed by atoms with van der Waals surface area (Å²) in [4.78, 5) is 0. The molecule has 2 nitrogen and oxygen atoms in total. The maximum atomic E-state index is 7.91. The molecule has 5 heteroatoms. The third-order valence-corrected chi connectivity index (χ3v) is 5.05. The van der Waals surface area contributed by atoms with Crippen molar-refractivity contribution in [2.75, 3.05) is 0 Å². The van der Waals surface area contributed by atoms with Crippen molar-refractivity contribution in [2.45, 2.75) is 0 Å². The molecule has 0 amide bonds. The van der Waals surface area contributed by atoms with Gasteiger partial charge >= 0.3 is 56.9 Å². The van der Waals surface area contributed by atoms with Gasteiger partial charge in [0.2, 0.25) is 0 Å². The Morgan fingerprint density at radius 3 is 1.86 bits per heavy atom.